The summed E-state index contributed by atoms with van der Waals surface area (Å²) in [5.74, 6) is -0.863. The SMILES string of the molecule is CC1(C)CN(O)C(C)(C)CC1OC(=O)CCC(=O)OC1CC(C)(C)N(O)C(C)(C)C1. The second-order valence-corrected chi connectivity index (χ2v) is 11.5. The van der Waals surface area contributed by atoms with Crippen LogP contribution < -0.4 is 0 Å². The number of ether oxygens (including phenoxy) is 2. The third-order valence-electron chi connectivity index (χ3n) is 6.52. The van der Waals surface area contributed by atoms with Crippen LogP contribution in [0, 0.1) is 5.41 Å². The molecular formula is C22H40N2O6. The van der Waals surface area contributed by atoms with Gasteiger partial charge in [0.15, 0.2) is 0 Å². The number of carbonyl (C=O) groups is 2. The topological polar surface area (TPSA) is 99.5 Å². The highest BCUT2D eigenvalue weighted by molar-refractivity contribution is 5.77. The molecule has 0 aromatic carbocycles. The molecule has 2 heterocycles. The molecule has 2 aliphatic heterocycles. The second-order valence-electron chi connectivity index (χ2n) is 11.5. The molecule has 30 heavy (non-hydrogen) atoms. The summed E-state index contributed by atoms with van der Waals surface area (Å²) < 4.78 is 11.3. The van der Waals surface area contributed by atoms with Crippen molar-refractivity contribution in [2.75, 3.05) is 6.54 Å². The summed E-state index contributed by atoms with van der Waals surface area (Å²) in [5, 5.41) is 23.2. The lowest BCUT2D eigenvalue weighted by Crippen LogP contribution is -2.60. The van der Waals surface area contributed by atoms with Crippen LogP contribution in [0.15, 0.2) is 0 Å². The molecule has 0 aliphatic carbocycles. The molecule has 0 amide bonds. The van der Waals surface area contributed by atoms with E-state index in [1.807, 2.05) is 55.4 Å². The van der Waals surface area contributed by atoms with Crippen molar-refractivity contribution in [2.45, 2.75) is 116 Å². The molecule has 0 saturated carbocycles. The number of piperidine rings is 2. The van der Waals surface area contributed by atoms with E-state index in [2.05, 4.69) is 0 Å². The highest BCUT2D eigenvalue weighted by Crippen LogP contribution is 2.39. The molecule has 0 bridgehead atoms. The normalized spacial score (nSPS) is 28.7. The Balaban J connectivity index is 1.85. The number of nitrogens with zero attached hydrogens (tertiary/aromatic N) is 2. The first kappa shape index (κ1) is 25.0. The number of hydrogen-bond acceptors (Lipinski definition) is 8. The first-order valence-electron chi connectivity index (χ1n) is 10.8. The van der Waals surface area contributed by atoms with E-state index in [1.54, 1.807) is 0 Å². The largest absolute Gasteiger partial charge is 0.462 e. The van der Waals surface area contributed by atoms with Crippen molar-refractivity contribution in [3.63, 3.8) is 0 Å². The molecule has 2 fully saturated rings. The maximum absolute atomic E-state index is 12.4. The van der Waals surface area contributed by atoms with Crippen LogP contribution in [0.2, 0.25) is 0 Å². The van der Waals surface area contributed by atoms with Gasteiger partial charge < -0.3 is 19.9 Å². The van der Waals surface area contributed by atoms with E-state index in [0.29, 0.717) is 25.8 Å². The van der Waals surface area contributed by atoms with Gasteiger partial charge in [0.2, 0.25) is 0 Å². The fourth-order valence-corrected chi connectivity index (χ4v) is 4.67. The van der Waals surface area contributed by atoms with E-state index in [-0.39, 0.29) is 25.0 Å². The van der Waals surface area contributed by atoms with Crippen molar-refractivity contribution in [3.05, 3.63) is 0 Å². The van der Waals surface area contributed by atoms with E-state index in [0.717, 1.165) is 0 Å². The highest BCUT2D eigenvalue weighted by Gasteiger charge is 2.47. The van der Waals surface area contributed by atoms with Crippen LogP contribution in [0.1, 0.15) is 87.5 Å². The van der Waals surface area contributed by atoms with Crippen LogP contribution in [-0.4, -0.2) is 67.8 Å². The van der Waals surface area contributed by atoms with Gasteiger partial charge in [-0.3, -0.25) is 9.59 Å². The van der Waals surface area contributed by atoms with Crippen molar-refractivity contribution < 1.29 is 29.5 Å². The monoisotopic (exact) mass is 428 g/mol. The van der Waals surface area contributed by atoms with Gasteiger partial charge in [-0.05, 0) is 41.5 Å². The van der Waals surface area contributed by atoms with Gasteiger partial charge in [0.25, 0.3) is 0 Å². The average molecular weight is 429 g/mol. The molecule has 174 valence electrons. The Morgan fingerprint density at radius 2 is 1.27 bits per heavy atom. The zero-order valence-corrected chi connectivity index (χ0v) is 19.8. The summed E-state index contributed by atoms with van der Waals surface area (Å²) in [4.78, 5) is 24.7. The summed E-state index contributed by atoms with van der Waals surface area (Å²) in [5.41, 5.74) is -1.90. The fourth-order valence-electron chi connectivity index (χ4n) is 4.67. The maximum atomic E-state index is 12.4. The average Bonchev–Trinajstić information content (AvgIpc) is 2.55. The zero-order valence-electron chi connectivity index (χ0n) is 19.8. The molecule has 2 N–H and O–H groups in total. The minimum absolute atomic E-state index is 0.0400. The Kier molecular flexibility index (Phi) is 6.99. The minimum Gasteiger partial charge on any atom is -0.462 e. The molecule has 2 aliphatic rings. The molecule has 0 radical (unpaired) electrons. The molecule has 8 nitrogen and oxygen atoms in total. The molecule has 0 aromatic rings. The van der Waals surface area contributed by atoms with Crippen LogP contribution in [0.3, 0.4) is 0 Å². The van der Waals surface area contributed by atoms with Crippen LogP contribution in [0.25, 0.3) is 0 Å². The van der Waals surface area contributed by atoms with Crippen LogP contribution in [0.4, 0.5) is 0 Å². The van der Waals surface area contributed by atoms with Gasteiger partial charge in [-0.25, -0.2) is 0 Å². The lowest BCUT2D eigenvalue weighted by Gasteiger charge is -2.50. The van der Waals surface area contributed by atoms with Crippen molar-refractivity contribution in [1.82, 2.24) is 10.1 Å². The molecule has 0 aromatic heterocycles. The van der Waals surface area contributed by atoms with E-state index in [4.69, 9.17) is 9.47 Å². The van der Waals surface area contributed by atoms with Crippen molar-refractivity contribution in [3.8, 4) is 0 Å². The van der Waals surface area contributed by atoms with Crippen molar-refractivity contribution >= 4 is 11.9 Å². The Bertz CT molecular complexity index is 640. The third-order valence-corrected chi connectivity index (χ3v) is 6.52. The van der Waals surface area contributed by atoms with Crippen LogP contribution in [-0.2, 0) is 19.1 Å². The zero-order chi connectivity index (χ0) is 23.1. The number of hydrogen-bond donors (Lipinski definition) is 2. The van der Waals surface area contributed by atoms with Crippen molar-refractivity contribution in [1.29, 1.82) is 0 Å². The van der Waals surface area contributed by atoms with Gasteiger partial charge in [0.05, 0.1) is 12.8 Å². The van der Waals surface area contributed by atoms with E-state index >= 15 is 0 Å². The summed E-state index contributed by atoms with van der Waals surface area (Å²) >= 11 is 0. The second kappa shape index (κ2) is 8.37. The highest BCUT2D eigenvalue weighted by atomic mass is 16.6. The Hall–Kier alpha value is -1.22. The summed E-state index contributed by atoms with van der Waals surface area (Å²) in [7, 11) is 0. The Labute approximate surface area is 180 Å². The lowest BCUT2D eigenvalue weighted by molar-refractivity contribution is -0.259. The smallest absolute Gasteiger partial charge is 0.306 e. The third kappa shape index (κ3) is 5.72. The van der Waals surface area contributed by atoms with Gasteiger partial charge in [0.1, 0.15) is 12.2 Å². The van der Waals surface area contributed by atoms with Crippen LogP contribution >= 0.6 is 0 Å². The lowest BCUT2D eigenvalue weighted by atomic mass is 9.75. The first-order chi connectivity index (χ1) is 13.5. The van der Waals surface area contributed by atoms with Gasteiger partial charge in [0, 0.05) is 47.8 Å². The van der Waals surface area contributed by atoms with E-state index in [1.165, 1.54) is 10.1 Å². The Morgan fingerprint density at radius 1 is 0.800 bits per heavy atom. The predicted octanol–water partition coefficient (Wildman–Crippen LogP) is 3.53. The molecule has 1 unspecified atom stereocenters. The molecule has 2 saturated heterocycles. The number of rotatable bonds is 5. The van der Waals surface area contributed by atoms with Crippen LogP contribution in [0.5, 0.6) is 0 Å². The number of hydroxylamine groups is 4. The molecular weight excluding hydrogens is 388 g/mol. The van der Waals surface area contributed by atoms with E-state index < -0.39 is 34.0 Å². The quantitative estimate of drug-likeness (QED) is 0.642. The van der Waals surface area contributed by atoms with Gasteiger partial charge in [-0.1, -0.05) is 13.8 Å². The fraction of sp³-hybridized carbons (Fsp3) is 0.909. The Morgan fingerprint density at radius 3 is 1.77 bits per heavy atom. The molecule has 1 atom stereocenters. The van der Waals surface area contributed by atoms with Gasteiger partial charge in [-0.15, -0.1) is 0 Å². The minimum atomic E-state index is -0.508. The number of carbonyl (C=O) groups excluding carboxylic acids is 2. The maximum Gasteiger partial charge on any atom is 0.306 e. The standard InChI is InChI=1S/C22H40N2O6/c1-19(2)14-23(27)20(3,4)13-16(19)30-18(26)10-9-17(25)29-15-11-21(5,6)24(28)22(7,8)12-15/h15-16,27-28H,9-14H2,1-8H3. The first-order valence-corrected chi connectivity index (χ1v) is 10.8. The number of esters is 2. The van der Waals surface area contributed by atoms with E-state index in [9.17, 15) is 20.0 Å². The molecule has 8 heteroatoms. The van der Waals surface area contributed by atoms with Crippen molar-refractivity contribution in [2.24, 2.45) is 5.41 Å². The molecule has 2 rings (SSSR count). The summed E-state index contributed by atoms with van der Waals surface area (Å²) in [6.45, 7) is 15.8. The molecule has 0 spiro atoms. The summed E-state index contributed by atoms with van der Waals surface area (Å²) in [6, 6.07) is 0. The summed E-state index contributed by atoms with van der Waals surface area (Å²) in [6.07, 6.45) is 0.821. The predicted molar refractivity (Wildman–Crippen MR) is 111 cm³/mol. The van der Waals surface area contributed by atoms with Gasteiger partial charge in [-0.2, -0.15) is 10.1 Å². The van der Waals surface area contributed by atoms with Gasteiger partial charge >= 0.3 is 11.9 Å².